The van der Waals surface area contributed by atoms with Gasteiger partial charge in [-0.05, 0) is 30.4 Å². The predicted octanol–water partition coefficient (Wildman–Crippen LogP) is 2.82. The van der Waals surface area contributed by atoms with Crippen LogP contribution in [0.1, 0.15) is 0 Å². The van der Waals surface area contributed by atoms with Gasteiger partial charge in [-0.25, -0.2) is 4.68 Å². The Labute approximate surface area is 126 Å². The predicted molar refractivity (Wildman–Crippen MR) is 78.2 cm³/mol. The van der Waals surface area contributed by atoms with Crippen LogP contribution in [0, 0.1) is 4.84 Å². The molecule has 1 aromatic heterocycles. The van der Waals surface area contributed by atoms with E-state index in [0.29, 0.717) is 22.4 Å². The Hall–Kier alpha value is -1.21. The van der Waals surface area contributed by atoms with Gasteiger partial charge in [0.2, 0.25) is 5.89 Å². The lowest BCUT2D eigenvalue weighted by Crippen LogP contribution is -2.37. The molecule has 0 amide bonds. The van der Waals surface area contributed by atoms with Gasteiger partial charge in [0.1, 0.15) is 0 Å². The summed E-state index contributed by atoms with van der Waals surface area (Å²) in [7, 11) is 0. The zero-order chi connectivity index (χ0) is 13.9. The van der Waals surface area contributed by atoms with E-state index in [2.05, 4.69) is 10.00 Å². The van der Waals surface area contributed by atoms with Crippen LogP contribution in [0.5, 0.6) is 0 Å². The van der Waals surface area contributed by atoms with Gasteiger partial charge in [0.15, 0.2) is 0 Å². The lowest BCUT2D eigenvalue weighted by atomic mass is 10.2. The molecule has 1 aliphatic rings. The second-order valence-electron chi connectivity index (χ2n) is 4.55. The Bertz CT molecular complexity index is 649. The summed E-state index contributed by atoms with van der Waals surface area (Å²) in [5.41, 5.74) is 0.823. The maximum atomic E-state index is 5.97. The van der Waals surface area contributed by atoms with E-state index in [1.807, 2.05) is 18.2 Å². The molecule has 2 aromatic rings. The summed E-state index contributed by atoms with van der Waals surface area (Å²) in [6.45, 7) is 3.85. The molecular weight excluding hydrogens is 298 g/mol. The SMILES string of the molecule is S=c1oc(-c2cccc(Cl)c2)nn1CN1CCOCC1. The number of hydrogen-bond donors (Lipinski definition) is 0. The maximum Gasteiger partial charge on any atom is 0.288 e. The first-order chi connectivity index (χ1) is 9.72. The number of aromatic nitrogens is 2. The third-order valence-electron chi connectivity index (χ3n) is 3.12. The van der Waals surface area contributed by atoms with Gasteiger partial charge in [0, 0.05) is 23.7 Å². The second kappa shape index (κ2) is 6.05. The van der Waals surface area contributed by atoms with Crippen LogP contribution < -0.4 is 0 Å². The van der Waals surface area contributed by atoms with Gasteiger partial charge in [0.25, 0.3) is 4.84 Å². The Kier molecular flexibility index (Phi) is 4.16. The number of rotatable bonds is 3. The first-order valence-electron chi connectivity index (χ1n) is 6.36. The van der Waals surface area contributed by atoms with Gasteiger partial charge in [-0.3, -0.25) is 4.90 Å². The lowest BCUT2D eigenvalue weighted by Gasteiger charge is -2.25. The number of morpholine rings is 1. The molecule has 0 saturated carbocycles. The van der Waals surface area contributed by atoms with Gasteiger partial charge in [-0.2, -0.15) is 0 Å². The van der Waals surface area contributed by atoms with Crippen LogP contribution in [-0.4, -0.2) is 41.0 Å². The molecule has 1 saturated heterocycles. The molecule has 0 spiro atoms. The minimum Gasteiger partial charge on any atom is -0.409 e. The zero-order valence-corrected chi connectivity index (χ0v) is 12.4. The molecule has 0 atom stereocenters. The molecule has 0 N–H and O–H groups in total. The van der Waals surface area contributed by atoms with Crippen LogP contribution in [0.2, 0.25) is 5.02 Å². The topological polar surface area (TPSA) is 43.4 Å². The van der Waals surface area contributed by atoms with Crippen LogP contribution in [0.3, 0.4) is 0 Å². The second-order valence-corrected chi connectivity index (χ2v) is 5.34. The molecule has 1 aromatic carbocycles. The first-order valence-corrected chi connectivity index (χ1v) is 7.15. The Morgan fingerprint density at radius 3 is 2.85 bits per heavy atom. The number of nitrogens with zero attached hydrogens (tertiary/aromatic N) is 3. The van der Waals surface area contributed by atoms with E-state index >= 15 is 0 Å². The minimum atomic E-state index is 0.367. The summed E-state index contributed by atoms with van der Waals surface area (Å²) in [5, 5.41) is 5.06. The van der Waals surface area contributed by atoms with Crippen molar-refractivity contribution in [1.82, 2.24) is 14.7 Å². The number of hydrogen-bond acceptors (Lipinski definition) is 5. The van der Waals surface area contributed by atoms with Crippen molar-refractivity contribution in [3.8, 4) is 11.5 Å². The lowest BCUT2D eigenvalue weighted by molar-refractivity contribution is 0.0206. The summed E-state index contributed by atoms with van der Waals surface area (Å²) in [4.78, 5) is 2.59. The van der Waals surface area contributed by atoms with E-state index in [0.717, 1.165) is 31.9 Å². The van der Waals surface area contributed by atoms with Crippen molar-refractivity contribution in [2.45, 2.75) is 6.67 Å². The van der Waals surface area contributed by atoms with E-state index in [4.69, 9.17) is 33.0 Å². The van der Waals surface area contributed by atoms with Crippen LogP contribution >= 0.6 is 23.8 Å². The van der Waals surface area contributed by atoms with Crippen molar-refractivity contribution in [3.05, 3.63) is 34.1 Å². The maximum absolute atomic E-state index is 5.97. The van der Waals surface area contributed by atoms with E-state index in [-0.39, 0.29) is 0 Å². The molecule has 0 aliphatic carbocycles. The summed E-state index contributed by atoms with van der Waals surface area (Å²) in [5.74, 6) is 0.491. The van der Waals surface area contributed by atoms with Crippen molar-refractivity contribution in [2.24, 2.45) is 0 Å². The van der Waals surface area contributed by atoms with Crippen molar-refractivity contribution in [2.75, 3.05) is 26.3 Å². The number of halogens is 1. The van der Waals surface area contributed by atoms with Crippen LogP contribution in [0.25, 0.3) is 11.5 Å². The normalized spacial score (nSPS) is 16.4. The highest BCUT2D eigenvalue weighted by Crippen LogP contribution is 2.21. The Balaban J connectivity index is 1.81. The zero-order valence-electron chi connectivity index (χ0n) is 10.8. The average molecular weight is 312 g/mol. The van der Waals surface area contributed by atoms with Gasteiger partial charge in [0.05, 0.1) is 19.9 Å². The monoisotopic (exact) mass is 311 g/mol. The standard InChI is InChI=1S/C13H14ClN3O2S/c14-11-3-1-2-10(8-11)12-15-17(13(20)19-12)9-16-4-6-18-7-5-16/h1-3,8H,4-7,9H2. The van der Waals surface area contributed by atoms with E-state index in [1.54, 1.807) is 10.7 Å². The fraction of sp³-hybridized carbons (Fsp3) is 0.385. The third-order valence-corrected chi connectivity index (χ3v) is 3.64. The summed E-state index contributed by atoms with van der Waals surface area (Å²) < 4.78 is 12.6. The Morgan fingerprint density at radius 1 is 1.30 bits per heavy atom. The van der Waals surface area contributed by atoms with Crippen molar-refractivity contribution >= 4 is 23.8 Å². The molecule has 20 heavy (non-hydrogen) atoms. The van der Waals surface area contributed by atoms with Gasteiger partial charge in [-0.15, -0.1) is 5.10 Å². The molecule has 7 heteroatoms. The van der Waals surface area contributed by atoms with Crippen molar-refractivity contribution < 1.29 is 9.15 Å². The van der Waals surface area contributed by atoms with Gasteiger partial charge < -0.3 is 9.15 Å². The molecule has 5 nitrogen and oxygen atoms in total. The highest BCUT2D eigenvalue weighted by molar-refractivity contribution is 7.71. The molecule has 106 valence electrons. The van der Waals surface area contributed by atoms with E-state index in [1.165, 1.54) is 0 Å². The van der Waals surface area contributed by atoms with Crippen molar-refractivity contribution in [1.29, 1.82) is 0 Å². The largest absolute Gasteiger partial charge is 0.409 e. The fourth-order valence-corrected chi connectivity index (χ4v) is 2.43. The number of benzene rings is 1. The smallest absolute Gasteiger partial charge is 0.288 e. The molecular formula is C13H14ClN3O2S. The summed E-state index contributed by atoms with van der Waals surface area (Å²) >= 11 is 11.2. The van der Waals surface area contributed by atoms with Gasteiger partial charge >= 0.3 is 0 Å². The molecule has 1 aliphatic heterocycles. The summed E-state index contributed by atoms with van der Waals surface area (Å²) in [6, 6.07) is 7.37. The summed E-state index contributed by atoms with van der Waals surface area (Å²) in [6.07, 6.45) is 0. The Morgan fingerprint density at radius 2 is 2.10 bits per heavy atom. The fourth-order valence-electron chi connectivity index (χ4n) is 2.07. The number of ether oxygens (including phenoxy) is 1. The van der Waals surface area contributed by atoms with Gasteiger partial charge in [-0.1, -0.05) is 17.7 Å². The highest BCUT2D eigenvalue weighted by Gasteiger charge is 2.14. The molecule has 1 fully saturated rings. The van der Waals surface area contributed by atoms with E-state index in [9.17, 15) is 0 Å². The molecule has 3 rings (SSSR count). The molecule has 0 radical (unpaired) electrons. The molecule has 2 heterocycles. The van der Waals surface area contributed by atoms with Crippen molar-refractivity contribution in [3.63, 3.8) is 0 Å². The highest BCUT2D eigenvalue weighted by atomic mass is 35.5. The van der Waals surface area contributed by atoms with Crippen LogP contribution in [-0.2, 0) is 11.4 Å². The van der Waals surface area contributed by atoms with E-state index < -0.39 is 0 Å². The molecule has 0 unspecified atom stereocenters. The minimum absolute atomic E-state index is 0.367. The average Bonchev–Trinajstić information content (AvgIpc) is 2.81. The quantitative estimate of drug-likeness (QED) is 0.816. The van der Waals surface area contributed by atoms with Crippen LogP contribution in [0.4, 0.5) is 0 Å². The molecule has 0 bridgehead atoms. The first kappa shape index (κ1) is 13.8. The van der Waals surface area contributed by atoms with Crippen LogP contribution in [0.15, 0.2) is 28.7 Å². The third kappa shape index (κ3) is 3.09.